The molecule has 0 saturated heterocycles. The summed E-state index contributed by atoms with van der Waals surface area (Å²) in [5, 5.41) is 26.3. The molecule has 60 valence electrons. The maximum Gasteiger partial charge on any atom is 0.0977 e. The summed E-state index contributed by atoms with van der Waals surface area (Å²) in [6.45, 7) is 3.36. The first-order valence-corrected chi connectivity index (χ1v) is 3.32. The molecular weight excluding hydrogens is 132 g/mol. The first-order valence-electron chi connectivity index (χ1n) is 3.32. The van der Waals surface area contributed by atoms with Crippen molar-refractivity contribution in [1.29, 1.82) is 0 Å². The Morgan fingerprint density at radius 1 is 1.40 bits per heavy atom. The minimum absolute atomic E-state index is 0.0426. The highest BCUT2D eigenvalue weighted by Crippen LogP contribution is 2.01. The minimum Gasteiger partial charge on any atom is -0.396 e. The Morgan fingerprint density at radius 2 is 2.00 bits per heavy atom. The summed E-state index contributed by atoms with van der Waals surface area (Å²) in [4.78, 5) is 0. The van der Waals surface area contributed by atoms with Crippen LogP contribution in [-0.4, -0.2) is 34.1 Å². The highest BCUT2D eigenvalue weighted by molar-refractivity contribution is 4.83. The fraction of sp³-hybridized carbons (Fsp3) is 0.714. The number of hydrogen-bond donors (Lipinski definition) is 3. The van der Waals surface area contributed by atoms with Crippen molar-refractivity contribution >= 4 is 0 Å². The van der Waals surface area contributed by atoms with Gasteiger partial charge in [-0.05, 0) is 12.8 Å². The molecule has 10 heavy (non-hydrogen) atoms. The predicted molar refractivity (Wildman–Crippen MR) is 38.5 cm³/mol. The lowest BCUT2D eigenvalue weighted by molar-refractivity contribution is 0.0389. The molecule has 3 nitrogen and oxygen atoms in total. The van der Waals surface area contributed by atoms with E-state index in [1.807, 2.05) is 0 Å². The van der Waals surface area contributed by atoms with Crippen LogP contribution in [0.15, 0.2) is 12.7 Å². The topological polar surface area (TPSA) is 60.7 Å². The lowest BCUT2D eigenvalue weighted by atomic mass is 10.1. The Balaban J connectivity index is 3.40. The van der Waals surface area contributed by atoms with Crippen molar-refractivity contribution in [1.82, 2.24) is 0 Å². The molecule has 0 unspecified atom stereocenters. The zero-order valence-corrected chi connectivity index (χ0v) is 5.90. The molecule has 0 aliphatic heterocycles. The van der Waals surface area contributed by atoms with Crippen LogP contribution in [0.2, 0.25) is 0 Å². The van der Waals surface area contributed by atoms with Gasteiger partial charge in [0.2, 0.25) is 0 Å². The van der Waals surface area contributed by atoms with E-state index in [2.05, 4.69) is 6.58 Å². The van der Waals surface area contributed by atoms with Gasteiger partial charge in [-0.15, -0.1) is 6.58 Å². The monoisotopic (exact) mass is 146 g/mol. The molecule has 0 saturated carbocycles. The van der Waals surface area contributed by atoms with Crippen molar-refractivity contribution in [2.24, 2.45) is 0 Å². The highest BCUT2D eigenvalue weighted by Gasteiger charge is 2.10. The fourth-order valence-corrected chi connectivity index (χ4v) is 0.628. The van der Waals surface area contributed by atoms with Gasteiger partial charge in [0.1, 0.15) is 0 Å². The molecule has 0 heterocycles. The van der Waals surface area contributed by atoms with Crippen molar-refractivity contribution in [2.45, 2.75) is 25.0 Å². The van der Waals surface area contributed by atoms with Crippen molar-refractivity contribution in [2.75, 3.05) is 6.61 Å². The quantitative estimate of drug-likeness (QED) is 0.465. The van der Waals surface area contributed by atoms with Crippen LogP contribution in [0, 0.1) is 0 Å². The summed E-state index contributed by atoms with van der Waals surface area (Å²) in [7, 11) is 0. The second kappa shape index (κ2) is 5.41. The Bertz CT molecular complexity index is 92.9. The maximum atomic E-state index is 9.02. The van der Waals surface area contributed by atoms with Gasteiger partial charge in [0, 0.05) is 6.61 Å². The number of aliphatic hydroxyl groups excluding tert-OH is 3. The maximum absolute atomic E-state index is 9.02. The van der Waals surface area contributed by atoms with Crippen LogP contribution in [-0.2, 0) is 0 Å². The Hall–Kier alpha value is -0.380. The Kier molecular flexibility index (Phi) is 5.20. The van der Waals surface area contributed by atoms with E-state index in [1.54, 1.807) is 0 Å². The summed E-state index contributed by atoms with van der Waals surface area (Å²) in [5.41, 5.74) is 0. The first kappa shape index (κ1) is 9.62. The van der Waals surface area contributed by atoms with E-state index < -0.39 is 12.2 Å². The molecule has 0 bridgehead atoms. The van der Waals surface area contributed by atoms with Gasteiger partial charge >= 0.3 is 0 Å². The minimum atomic E-state index is -0.869. The molecule has 0 aliphatic rings. The van der Waals surface area contributed by atoms with E-state index in [1.165, 1.54) is 6.08 Å². The standard InChI is InChI=1S/C7H14O3/c1-2-6(9)7(10)4-3-5-8/h2,6-10H,1,3-5H2/t6-,7-/m0/s1. The molecule has 0 aromatic heterocycles. The van der Waals surface area contributed by atoms with Crippen LogP contribution in [0.4, 0.5) is 0 Å². The molecule has 3 heteroatoms. The van der Waals surface area contributed by atoms with E-state index in [-0.39, 0.29) is 6.61 Å². The first-order chi connectivity index (χ1) is 4.72. The van der Waals surface area contributed by atoms with Gasteiger partial charge in [0.15, 0.2) is 0 Å². The second-order valence-corrected chi connectivity index (χ2v) is 2.16. The fourth-order valence-electron chi connectivity index (χ4n) is 0.628. The zero-order chi connectivity index (χ0) is 7.98. The molecule has 0 aliphatic carbocycles. The van der Waals surface area contributed by atoms with Gasteiger partial charge < -0.3 is 15.3 Å². The second-order valence-electron chi connectivity index (χ2n) is 2.16. The van der Waals surface area contributed by atoms with Gasteiger partial charge in [-0.1, -0.05) is 6.08 Å². The zero-order valence-electron chi connectivity index (χ0n) is 5.90. The van der Waals surface area contributed by atoms with E-state index in [0.717, 1.165) is 0 Å². The van der Waals surface area contributed by atoms with E-state index in [0.29, 0.717) is 12.8 Å². The third-order valence-corrected chi connectivity index (χ3v) is 1.29. The summed E-state index contributed by atoms with van der Waals surface area (Å²) >= 11 is 0. The molecule has 0 aromatic carbocycles. The van der Waals surface area contributed by atoms with Crippen LogP contribution < -0.4 is 0 Å². The van der Waals surface area contributed by atoms with E-state index in [9.17, 15) is 0 Å². The average Bonchev–Trinajstić information content (AvgIpc) is 1.98. The lowest BCUT2D eigenvalue weighted by Crippen LogP contribution is -2.23. The molecule has 0 rings (SSSR count). The predicted octanol–water partition coefficient (Wildman–Crippen LogP) is -0.333. The Labute approximate surface area is 60.6 Å². The molecular formula is C7H14O3. The highest BCUT2D eigenvalue weighted by atomic mass is 16.3. The van der Waals surface area contributed by atoms with Crippen LogP contribution in [0.1, 0.15) is 12.8 Å². The van der Waals surface area contributed by atoms with Gasteiger partial charge in [-0.3, -0.25) is 0 Å². The molecule has 2 atom stereocenters. The summed E-state index contributed by atoms with van der Waals surface area (Å²) in [5.74, 6) is 0. The van der Waals surface area contributed by atoms with Crippen molar-refractivity contribution in [3.8, 4) is 0 Å². The number of hydrogen-bond acceptors (Lipinski definition) is 3. The summed E-state index contributed by atoms with van der Waals surface area (Å²) in [6.07, 6.45) is 0.536. The van der Waals surface area contributed by atoms with Gasteiger partial charge in [0.25, 0.3) is 0 Å². The largest absolute Gasteiger partial charge is 0.396 e. The molecule has 0 spiro atoms. The third-order valence-electron chi connectivity index (χ3n) is 1.29. The molecule has 0 radical (unpaired) electrons. The van der Waals surface area contributed by atoms with Crippen LogP contribution in [0.3, 0.4) is 0 Å². The van der Waals surface area contributed by atoms with Gasteiger partial charge in [0.05, 0.1) is 12.2 Å². The van der Waals surface area contributed by atoms with Crippen LogP contribution in [0.25, 0.3) is 0 Å². The SMILES string of the molecule is C=C[C@H](O)[C@@H](O)CCCO. The number of aliphatic hydroxyl groups is 3. The lowest BCUT2D eigenvalue weighted by Gasteiger charge is -2.12. The van der Waals surface area contributed by atoms with Crippen molar-refractivity contribution < 1.29 is 15.3 Å². The smallest absolute Gasteiger partial charge is 0.0977 e. The molecule has 0 amide bonds. The summed E-state index contributed by atoms with van der Waals surface area (Å²) < 4.78 is 0. The van der Waals surface area contributed by atoms with Crippen molar-refractivity contribution in [3.05, 3.63) is 12.7 Å². The van der Waals surface area contributed by atoms with E-state index >= 15 is 0 Å². The molecule has 3 N–H and O–H groups in total. The van der Waals surface area contributed by atoms with Gasteiger partial charge in [-0.25, -0.2) is 0 Å². The van der Waals surface area contributed by atoms with E-state index in [4.69, 9.17) is 15.3 Å². The van der Waals surface area contributed by atoms with Crippen LogP contribution in [0.5, 0.6) is 0 Å². The molecule has 0 fully saturated rings. The Morgan fingerprint density at radius 3 is 2.40 bits per heavy atom. The van der Waals surface area contributed by atoms with Crippen molar-refractivity contribution in [3.63, 3.8) is 0 Å². The number of rotatable bonds is 5. The molecule has 0 aromatic rings. The normalized spacial score (nSPS) is 16.3. The average molecular weight is 146 g/mol. The summed E-state index contributed by atoms with van der Waals surface area (Å²) in [6, 6.07) is 0. The van der Waals surface area contributed by atoms with Gasteiger partial charge in [-0.2, -0.15) is 0 Å². The van der Waals surface area contributed by atoms with Crippen LogP contribution >= 0.6 is 0 Å². The third kappa shape index (κ3) is 3.61.